The van der Waals surface area contributed by atoms with Crippen LogP contribution in [-0.2, 0) is 0 Å². The summed E-state index contributed by atoms with van der Waals surface area (Å²) in [5, 5.41) is 12.9. The Balaban J connectivity index is 1.60. The van der Waals surface area contributed by atoms with Gasteiger partial charge in [-0.2, -0.15) is 4.98 Å². The number of carboxylic acid groups (broad SMARTS) is 1. The summed E-state index contributed by atoms with van der Waals surface area (Å²) in [5.74, 6) is 0.302. The second-order valence-electron chi connectivity index (χ2n) is 5.17. The van der Waals surface area contributed by atoms with Crippen LogP contribution >= 0.6 is 0 Å². The Kier molecular flexibility index (Phi) is 3.55. The van der Waals surface area contributed by atoms with E-state index < -0.39 is 5.97 Å². The van der Waals surface area contributed by atoms with Gasteiger partial charge in [-0.1, -0.05) is 35.5 Å². The zero-order valence-corrected chi connectivity index (χ0v) is 12.8. The van der Waals surface area contributed by atoms with E-state index in [0.29, 0.717) is 23.1 Å². The molecule has 25 heavy (non-hydrogen) atoms. The van der Waals surface area contributed by atoms with Gasteiger partial charge in [0.1, 0.15) is 12.1 Å². The second-order valence-corrected chi connectivity index (χ2v) is 5.17. The number of rotatable bonds is 4. The lowest BCUT2D eigenvalue weighted by Gasteiger charge is -2.00. The zero-order valence-electron chi connectivity index (χ0n) is 12.8. The number of nitrogens with zero attached hydrogens (tertiary/aromatic N) is 5. The van der Waals surface area contributed by atoms with E-state index in [4.69, 9.17) is 9.63 Å². The van der Waals surface area contributed by atoms with Crippen molar-refractivity contribution in [1.29, 1.82) is 0 Å². The van der Waals surface area contributed by atoms with Gasteiger partial charge in [-0.15, -0.1) is 0 Å². The Morgan fingerprint density at radius 3 is 2.56 bits per heavy atom. The molecular formula is C17H11N5O3. The van der Waals surface area contributed by atoms with Crippen LogP contribution in [0.5, 0.6) is 0 Å². The fraction of sp³-hybridized carbons (Fsp3) is 0. The van der Waals surface area contributed by atoms with Crippen LogP contribution in [0.4, 0.5) is 0 Å². The molecule has 4 aromatic rings. The van der Waals surface area contributed by atoms with Crippen molar-refractivity contribution >= 4 is 5.97 Å². The Labute approximate surface area is 141 Å². The van der Waals surface area contributed by atoms with Gasteiger partial charge in [0.15, 0.2) is 5.69 Å². The van der Waals surface area contributed by atoms with Crippen LogP contribution in [0.25, 0.3) is 28.7 Å². The van der Waals surface area contributed by atoms with Crippen molar-refractivity contribution in [1.82, 2.24) is 24.7 Å². The molecule has 1 N–H and O–H groups in total. The molecule has 0 radical (unpaired) electrons. The van der Waals surface area contributed by atoms with E-state index in [1.54, 1.807) is 18.3 Å². The lowest BCUT2D eigenvalue weighted by Crippen LogP contribution is -1.97. The first-order valence-corrected chi connectivity index (χ1v) is 7.34. The summed E-state index contributed by atoms with van der Waals surface area (Å²) in [6.07, 6.45) is 4.37. The number of hydrogen-bond acceptors (Lipinski definition) is 6. The van der Waals surface area contributed by atoms with Crippen molar-refractivity contribution in [3.63, 3.8) is 0 Å². The molecule has 0 aliphatic carbocycles. The molecule has 0 unspecified atom stereocenters. The average Bonchev–Trinajstić information content (AvgIpc) is 3.33. The molecule has 0 saturated carbocycles. The summed E-state index contributed by atoms with van der Waals surface area (Å²) < 4.78 is 6.81. The molecular weight excluding hydrogens is 322 g/mol. The van der Waals surface area contributed by atoms with E-state index in [9.17, 15) is 4.79 Å². The van der Waals surface area contributed by atoms with E-state index in [2.05, 4.69) is 20.1 Å². The number of aromatic nitrogens is 5. The minimum Gasteiger partial charge on any atom is -0.476 e. The van der Waals surface area contributed by atoms with Gasteiger partial charge in [0.25, 0.3) is 5.89 Å². The molecule has 3 heterocycles. The van der Waals surface area contributed by atoms with Crippen LogP contribution in [0.15, 0.2) is 65.7 Å². The molecule has 0 amide bonds. The summed E-state index contributed by atoms with van der Waals surface area (Å²) in [6.45, 7) is 0. The largest absolute Gasteiger partial charge is 0.476 e. The van der Waals surface area contributed by atoms with Gasteiger partial charge < -0.3 is 9.63 Å². The molecule has 4 rings (SSSR count). The van der Waals surface area contributed by atoms with Crippen molar-refractivity contribution in [2.45, 2.75) is 0 Å². The maximum atomic E-state index is 10.9. The lowest BCUT2D eigenvalue weighted by atomic mass is 10.2. The third-order valence-electron chi connectivity index (χ3n) is 3.52. The molecule has 0 atom stereocenters. The molecule has 0 aliphatic heterocycles. The van der Waals surface area contributed by atoms with Gasteiger partial charge in [0, 0.05) is 18.0 Å². The van der Waals surface area contributed by atoms with Crippen molar-refractivity contribution in [3.8, 4) is 28.7 Å². The van der Waals surface area contributed by atoms with Crippen molar-refractivity contribution in [3.05, 3.63) is 66.9 Å². The minimum absolute atomic E-state index is 0.0460. The predicted molar refractivity (Wildman–Crippen MR) is 87.0 cm³/mol. The molecule has 122 valence electrons. The van der Waals surface area contributed by atoms with Gasteiger partial charge in [-0.25, -0.2) is 14.8 Å². The summed E-state index contributed by atoms with van der Waals surface area (Å²) in [7, 11) is 0. The highest BCUT2D eigenvalue weighted by molar-refractivity contribution is 5.85. The fourth-order valence-electron chi connectivity index (χ4n) is 2.27. The highest BCUT2D eigenvalue weighted by Gasteiger charge is 2.12. The van der Waals surface area contributed by atoms with Crippen LogP contribution < -0.4 is 0 Å². The van der Waals surface area contributed by atoms with Crippen molar-refractivity contribution in [2.75, 3.05) is 0 Å². The Morgan fingerprint density at radius 2 is 1.88 bits per heavy atom. The standard InChI is InChI=1S/C17H11N5O3/c23-17(24)13-9-22(10-19-13)14-7-6-12(8-18-14)16-20-15(21-25-16)11-4-2-1-3-5-11/h1-10H,(H,23,24). The zero-order chi connectivity index (χ0) is 17.2. The van der Waals surface area contributed by atoms with Crippen LogP contribution in [0.2, 0.25) is 0 Å². The van der Waals surface area contributed by atoms with E-state index in [-0.39, 0.29) is 5.69 Å². The van der Waals surface area contributed by atoms with Gasteiger partial charge in [-0.05, 0) is 12.1 Å². The van der Waals surface area contributed by atoms with Gasteiger partial charge in [0.05, 0.1) is 5.56 Å². The second kappa shape index (κ2) is 6.00. The van der Waals surface area contributed by atoms with E-state index in [0.717, 1.165) is 5.56 Å². The van der Waals surface area contributed by atoms with Crippen molar-refractivity contribution in [2.24, 2.45) is 0 Å². The summed E-state index contributed by atoms with van der Waals surface area (Å²) in [5.41, 5.74) is 1.48. The van der Waals surface area contributed by atoms with Crippen LogP contribution in [0.1, 0.15) is 10.5 Å². The molecule has 8 heteroatoms. The quantitative estimate of drug-likeness (QED) is 0.612. The summed E-state index contributed by atoms with van der Waals surface area (Å²) in [6, 6.07) is 13.0. The average molecular weight is 333 g/mol. The Hall–Kier alpha value is -3.81. The molecule has 3 aromatic heterocycles. The minimum atomic E-state index is -1.09. The highest BCUT2D eigenvalue weighted by Crippen LogP contribution is 2.22. The van der Waals surface area contributed by atoms with E-state index in [1.165, 1.54) is 17.1 Å². The SMILES string of the molecule is O=C(O)c1cn(-c2ccc(-c3nc(-c4ccccc4)no3)cn2)cn1. The number of hydrogen-bond donors (Lipinski definition) is 1. The molecule has 0 fully saturated rings. The van der Waals surface area contributed by atoms with Gasteiger partial charge >= 0.3 is 5.97 Å². The number of imidazole rings is 1. The first-order chi connectivity index (χ1) is 12.2. The molecule has 0 aliphatic rings. The fourth-order valence-corrected chi connectivity index (χ4v) is 2.27. The van der Waals surface area contributed by atoms with E-state index in [1.807, 2.05) is 30.3 Å². The van der Waals surface area contributed by atoms with Gasteiger partial charge in [-0.3, -0.25) is 4.57 Å². The Bertz CT molecular complexity index is 1020. The third kappa shape index (κ3) is 2.88. The maximum absolute atomic E-state index is 10.9. The smallest absolute Gasteiger partial charge is 0.356 e. The van der Waals surface area contributed by atoms with Gasteiger partial charge in [0.2, 0.25) is 5.82 Å². The summed E-state index contributed by atoms with van der Waals surface area (Å²) in [4.78, 5) is 23.3. The number of carbonyl (C=O) groups is 1. The van der Waals surface area contributed by atoms with E-state index >= 15 is 0 Å². The number of pyridine rings is 1. The lowest BCUT2D eigenvalue weighted by molar-refractivity contribution is 0.0691. The Morgan fingerprint density at radius 1 is 1.04 bits per heavy atom. The van der Waals surface area contributed by atoms with Crippen LogP contribution in [-0.4, -0.2) is 35.8 Å². The first-order valence-electron chi connectivity index (χ1n) is 7.34. The monoisotopic (exact) mass is 333 g/mol. The molecule has 0 bridgehead atoms. The molecule has 1 aromatic carbocycles. The third-order valence-corrected chi connectivity index (χ3v) is 3.52. The predicted octanol–water partition coefficient (Wildman–Crippen LogP) is 2.68. The number of benzene rings is 1. The van der Waals surface area contributed by atoms with Crippen LogP contribution in [0.3, 0.4) is 0 Å². The topological polar surface area (TPSA) is 107 Å². The maximum Gasteiger partial charge on any atom is 0.356 e. The normalized spacial score (nSPS) is 10.7. The number of aromatic carboxylic acids is 1. The van der Waals surface area contributed by atoms with Crippen LogP contribution in [0, 0.1) is 0 Å². The molecule has 8 nitrogen and oxygen atoms in total. The first kappa shape index (κ1) is 14.8. The summed E-state index contributed by atoms with van der Waals surface area (Å²) >= 11 is 0. The highest BCUT2D eigenvalue weighted by atomic mass is 16.5. The van der Waals surface area contributed by atoms with Crippen molar-refractivity contribution < 1.29 is 14.4 Å². The molecule has 0 spiro atoms. The molecule has 0 saturated heterocycles. The number of carboxylic acids is 1.